The van der Waals surface area contributed by atoms with Crippen molar-refractivity contribution in [3.63, 3.8) is 0 Å². The molecule has 100 valence electrons. The third-order valence-electron chi connectivity index (χ3n) is 1.89. The average Bonchev–Trinajstić information content (AvgIpc) is 2.79. The van der Waals surface area contributed by atoms with E-state index in [9.17, 15) is 9.59 Å². The van der Waals surface area contributed by atoms with Crippen LogP contribution in [0.5, 0.6) is 0 Å². The van der Waals surface area contributed by atoms with Crippen molar-refractivity contribution < 1.29 is 9.59 Å². The first kappa shape index (κ1) is 14.9. The molecule has 1 aromatic rings. The summed E-state index contributed by atoms with van der Waals surface area (Å²) < 4.78 is 0.709. The Kier molecular flexibility index (Phi) is 6.06. The van der Waals surface area contributed by atoms with Gasteiger partial charge in [0.1, 0.15) is 5.51 Å². The SMILES string of the molecule is CC(C)CNC(=O)NC(=O)C(C)Sc1nncs1. The molecule has 8 heteroatoms. The van der Waals surface area contributed by atoms with Crippen LogP contribution < -0.4 is 10.6 Å². The van der Waals surface area contributed by atoms with Gasteiger partial charge in [0.25, 0.3) is 0 Å². The summed E-state index contributed by atoms with van der Waals surface area (Å²) in [6, 6.07) is -0.460. The molecule has 0 radical (unpaired) electrons. The molecular weight excluding hydrogens is 272 g/mol. The number of hydrogen-bond acceptors (Lipinski definition) is 6. The molecule has 0 spiro atoms. The van der Waals surface area contributed by atoms with E-state index in [1.54, 1.807) is 12.4 Å². The Hall–Kier alpha value is -1.15. The highest BCUT2D eigenvalue weighted by atomic mass is 32.2. The van der Waals surface area contributed by atoms with Gasteiger partial charge in [-0.15, -0.1) is 10.2 Å². The maximum atomic E-state index is 11.7. The monoisotopic (exact) mass is 288 g/mol. The van der Waals surface area contributed by atoms with Crippen molar-refractivity contribution in [1.82, 2.24) is 20.8 Å². The number of carbonyl (C=O) groups excluding carboxylic acids is 2. The number of hydrogen-bond donors (Lipinski definition) is 2. The van der Waals surface area contributed by atoms with E-state index in [1.165, 1.54) is 23.1 Å². The molecule has 0 bridgehead atoms. The number of thioether (sulfide) groups is 1. The van der Waals surface area contributed by atoms with Gasteiger partial charge in [-0.2, -0.15) is 0 Å². The van der Waals surface area contributed by atoms with E-state index in [0.717, 1.165) is 0 Å². The molecule has 0 fully saturated rings. The summed E-state index contributed by atoms with van der Waals surface area (Å²) in [4.78, 5) is 23.1. The molecular formula is C10H16N4O2S2. The number of urea groups is 1. The van der Waals surface area contributed by atoms with Crippen LogP contribution in [-0.2, 0) is 4.79 Å². The van der Waals surface area contributed by atoms with Gasteiger partial charge in [-0.05, 0) is 12.8 Å². The second kappa shape index (κ2) is 7.32. The maximum Gasteiger partial charge on any atom is 0.321 e. The van der Waals surface area contributed by atoms with Crippen molar-refractivity contribution >= 4 is 35.0 Å². The van der Waals surface area contributed by atoms with Crippen LogP contribution in [0.1, 0.15) is 20.8 Å². The van der Waals surface area contributed by atoms with Gasteiger partial charge in [0.15, 0.2) is 4.34 Å². The van der Waals surface area contributed by atoms with Crippen LogP contribution in [0, 0.1) is 5.92 Å². The summed E-state index contributed by atoms with van der Waals surface area (Å²) in [5.41, 5.74) is 1.60. The molecule has 3 amide bonds. The Morgan fingerprint density at radius 3 is 2.72 bits per heavy atom. The average molecular weight is 288 g/mol. The van der Waals surface area contributed by atoms with Crippen molar-refractivity contribution in [3.05, 3.63) is 5.51 Å². The number of carbonyl (C=O) groups is 2. The maximum absolute atomic E-state index is 11.7. The summed E-state index contributed by atoms with van der Waals surface area (Å²) in [6.07, 6.45) is 0. The smallest absolute Gasteiger partial charge is 0.321 e. The Morgan fingerprint density at radius 1 is 1.44 bits per heavy atom. The van der Waals surface area contributed by atoms with Gasteiger partial charge in [0.05, 0.1) is 5.25 Å². The van der Waals surface area contributed by atoms with Crippen LogP contribution in [-0.4, -0.2) is 33.9 Å². The molecule has 6 nitrogen and oxygen atoms in total. The zero-order valence-electron chi connectivity index (χ0n) is 10.5. The van der Waals surface area contributed by atoms with Gasteiger partial charge in [-0.3, -0.25) is 10.1 Å². The first-order valence-corrected chi connectivity index (χ1v) is 7.26. The van der Waals surface area contributed by atoms with Crippen molar-refractivity contribution in [1.29, 1.82) is 0 Å². The fourth-order valence-corrected chi connectivity index (χ4v) is 2.60. The van der Waals surface area contributed by atoms with Crippen LogP contribution in [0.2, 0.25) is 0 Å². The van der Waals surface area contributed by atoms with Crippen LogP contribution in [0.15, 0.2) is 9.85 Å². The molecule has 1 heterocycles. The summed E-state index contributed by atoms with van der Waals surface area (Å²) >= 11 is 2.64. The lowest BCUT2D eigenvalue weighted by Crippen LogP contribution is -2.43. The second-order valence-electron chi connectivity index (χ2n) is 4.06. The summed E-state index contributed by atoms with van der Waals surface area (Å²) in [7, 11) is 0. The minimum absolute atomic E-state index is 0.337. The fraction of sp³-hybridized carbons (Fsp3) is 0.600. The lowest BCUT2D eigenvalue weighted by Gasteiger charge is -2.11. The largest absolute Gasteiger partial charge is 0.338 e. The molecule has 0 aliphatic carbocycles. The Balaban J connectivity index is 2.33. The zero-order chi connectivity index (χ0) is 13.5. The predicted molar refractivity (Wildman–Crippen MR) is 71.6 cm³/mol. The molecule has 0 saturated carbocycles. The normalized spacial score (nSPS) is 12.2. The number of nitrogens with one attached hydrogen (secondary N) is 2. The zero-order valence-corrected chi connectivity index (χ0v) is 12.1. The van der Waals surface area contributed by atoms with Crippen molar-refractivity contribution in [3.8, 4) is 0 Å². The van der Waals surface area contributed by atoms with Crippen molar-refractivity contribution in [2.75, 3.05) is 6.54 Å². The van der Waals surface area contributed by atoms with Crippen LogP contribution in [0.25, 0.3) is 0 Å². The summed E-state index contributed by atoms with van der Waals surface area (Å²) in [5.74, 6) is 0.00972. The van der Waals surface area contributed by atoms with Crippen molar-refractivity contribution in [2.24, 2.45) is 5.92 Å². The van der Waals surface area contributed by atoms with E-state index in [2.05, 4.69) is 20.8 Å². The Labute approximate surface area is 114 Å². The highest BCUT2D eigenvalue weighted by Crippen LogP contribution is 2.23. The highest BCUT2D eigenvalue weighted by Gasteiger charge is 2.18. The predicted octanol–water partition coefficient (Wildman–Crippen LogP) is 1.50. The van der Waals surface area contributed by atoms with Gasteiger partial charge in [-0.1, -0.05) is 36.9 Å². The minimum Gasteiger partial charge on any atom is -0.338 e. The van der Waals surface area contributed by atoms with E-state index in [4.69, 9.17) is 0 Å². The Morgan fingerprint density at radius 2 is 2.17 bits per heavy atom. The third kappa shape index (κ3) is 5.46. The molecule has 0 aromatic carbocycles. The van der Waals surface area contributed by atoms with Crippen LogP contribution in [0.4, 0.5) is 4.79 Å². The Bertz CT molecular complexity index is 395. The van der Waals surface area contributed by atoms with E-state index in [1.807, 2.05) is 13.8 Å². The van der Waals surface area contributed by atoms with E-state index < -0.39 is 6.03 Å². The molecule has 1 unspecified atom stereocenters. The van der Waals surface area contributed by atoms with E-state index >= 15 is 0 Å². The van der Waals surface area contributed by atoms with Crippen LogP contribution in [0.3, 0.4) is 0 Å². The van der Waals surface area contributed by atoms with Crippen LogP contribution >= 0.6 is 23.1 Å². The van der Waals surface area contributed by atoms with Gasteiger partial charge in [0, 0.05) is 6.54 Å². The lowest BCUT2D eigenvalue weighted by molar-refractivity contribution is -0.119. The second-order valence-corrected chi connectivity index (χ2v) is 6.48. The standard InChI is InChI=1S/C10H16N4O2S2/c1-6(2)4-11-9(16)13-8(15)7(3)18-10-14-12-5-17-10/h5-7H,4H2,1-3H3,(H2,11,13,15,16). The number of nitrogens with zero attached hydrogens (tertiary/aromatic N) is 2. The fourth-order valence-electron chi connectivity index (χ4n) is 0.974. The molecule has 0 aliphatic heterocycles. The van der Waals surface area contributed by atoms with Crippen molar-refractivity contribution in [2.45, 2.75) is 30.4 Å². The highest BCUT2D eigenvalue weighted by molar-refractivity contribution is 8.02. The van der Waals surface area contributed by atoms with Gasteiger partial charge < -0.3 is 5.32 Å². The number of rotatable bonds is 5. The summed E-state index contributed by atoms with van der Waals surface area (Å²) in [5, 5.41) is 12.0. The summed E-state index contributed by atoms with van der Waals surface area (Å²) in [6.45, 7) is 6.22. The molecule has 1 atom stereocenters. The van der Waals surface area contributed by atoms with E-state index in [0.29, 0.717) is 16.8 Å². The number of aromatic nitrogens is 2. The first-order chi connectivity index (χ1) is 8.49. The molecule has 1 aromatic heterocycles. The number of imide groups is 1. The molecule has 0 saturated heterocycles. The molecule has 1 rings (SSSR count). The molecule has 0 aliphatic rings. The van der Waals surface area contributed by atoms with Gasteiger partial charge in [0.2, 0.25) is 5.91 Å². The molecule has 18 heavy (non-hydrogen) atoms. The number of amides is 3. The van der Waals surface area contributed by atoms with E-state index in [-0.39, 0.29) is 11.2 Å². The topological polar surface area (TPSA) is 84.0 Å². The van der Waals surface area contributed by atoms with Gasteiger partial charge >= 0.3 is 6.03 Å². The molecule has 2 N–H and O–H groups in total. The van der Waals surface area contributed by atoms with Gasteiger partial charge in [-0.25, -0.2) is 4.79 Å². The lowest BCUT2D eigenvalue weighted by atomic mass is 10.2. The first-order valence-electron chi connectivity index (χ1n) is 5.50. The third-order valence-corrected chi connectivity index (χ3v) is 3.81. The quantitative estimate of drug-likeness (QED) is 0.802. The minimum atomic E-state index is -0.460.